The molecule has 2 heterocycles. The molecule has 1 amide bonds. The number of halogens is 3. The number of methoxy groups -OCH3 is 1. The molecular weight excluding hydrogens is 428 g/mol. The Kier molecular flexibility index (Phi) is 5.64. The minimum atomic E-state index is -0.616. The average Bonchev–Trinajstić information content (AvgIpc) is 2.70. The van der Waals surface area contributed by atoms with Crippen LogP contribution in [0.15, 0.2) is 48.5 Å². The molecule has 0 unspecified atom stereocenters. The SMILES string of the molecule is COCc1cc(C)nc2c1C(=O)N[C@H](c1ccc(Cl)c(Cl)c1)N2c1ccc(F)cc1. The zero-order valence-corrected chi connectivity index (χ0v) is 17.8. The molecule has 0 saturated heterocycles. The maximum Gasteiger partial charge on any atom is 0.257 e. The zero-order valence-electron chi connectivity index (χ0n) is 16.2. The molecule has 0 saturated carbocycles. The summed E-state index contributed by atoms with van der Waals surface area (Å²) in [6.45, 7) is 2.11. The second-order valence-electron chi connectivity index (χ2n) is 6.95. The highest BCUT2D eigenvalue weighted by Crippen LogP contribution is 2.40. The van der Waals surface area contributed by atoms with Gasteiger partial charge in [0, 0.05) is 18.5 Å². The topological polar surface area (TPSA) is 54.5 Å². The van der Waals surface area contributed by atoms with E-state index in [4.69, 9.17) is 27.9 Å². The van der Waals surface area contributed by atoms with Gasteiger partial charge in [-0.1, -0.05) is 29.3 Å². The predicted molar refractivity (Wildman–Crippen MR) is 115 cm³/mol. The Bertz CT molecular complexity index is 1120. The van der Waals surface area contributed by atoms with Crippen molar-refractivity contribution in [2.75, 3.05) is 12.0 Å². The molecule has 0 radical (unpaired) electrons. The van der Waals surface area contributed by atoms with Crippen LogP contribution in [0.5, 0.6) is 0 Å². The summed E-state index contributed by atoms with van der Waals surface area (Å²) >= 11 is 12.3. The highest BCUT2D eigenvalue weighted by molar-refractivity contribution is 6.42. The van der Waals surface area contributed by atoms with Crippen LogP contribution in [0.2, 0.25) is 10.0 Å². The lowest BCUT2D eigenvalue weighted by Gasteiger charge is -2.39. The van der Waals surface area contributed by atoms with Crippen molar-refractivity contribution in [3.63, 3.8) is 0 Å². The van der Waals surface area contributed by atoms with Gasteiger partial charge in [0.05, 0.1) is 22.2 Å². The van der Waals surface area contributed by atoms with E-state index >= 15 is 0 Å². The number of carbonyl (C=O) groups is 1. The first-order chi connectivity index (χ1) is 14.4. The average molecular weight is 446 g/mol. The zero-order chi connectivity index (χ0) is 21.4. The molecule has 1 aliphatic rings. The number of hydrogen-bond acceptors (Lipinski definition) is 4. The monoisotopic (exact) mass is 445 g/mol. The number of aryl methyl sites for hydroxylation is 1. The minimum Gasteiger partial charge on any atom is -0.380 e. The van der Waals surface area contributed by atoms with Crippen molar-refractivity contribution in [1.29, 1.82) is 0 Å². The Morgan fingerprint density at radius 1 is 1.13 bits per heavy atom. The van der Waals surface area contributed by atoms with Gasteiger partial charge in [0.15, 0.2) is 0 Å². The van der Waals surface area contributed by atoms with Crippen molar-refractivity contribution in [2.24, 2.45) is 0 Å². The molecule has 8 heteroatoms. The number of nitrogens with one attached hydrogen (secondary N) is 1. The summed E-state index contributed by atoms with van der Waals surface area (Å²) in [5, 5.41) is 3.79. The van der Waals surface area contributed by atoms with Crippen molar-refractivity contribution in [1.82, 2.24) is 10.3 Å². The summed E-state index contributed by atoms with van der Waals surface area (Å²) in [4.78, 5) is 19.6. The number of fused-ring (bicyclic) bond motifs is 1. The van der Waals surface area contributed by atoms with Crippen LogP contribution in [0.1, 0.15) is 33.3 Å². The Labute approximate surface area is 183 Å². The van der Waals surface area contributed by atoms with E-state index in [-0.39, 0.29) is 18.3 Å². The number of pyridine rings is 1. The fraction of sp³-hybridized carbons (Fsp3) is 0.182. The molecule has 5 nitrogen and oxygen atoms in total. The van der Waals surface area contributed by atoms with Crippen molar-refractivity contribution < 1.29 is 13.9 Å². The molecule has 2 aromatic carbocycles. The van der Waals surface area contributed by atoms with Crippen molar-refractivity contribution >= 4 is 40.6 Å². The van der Waals surface area contributed by atoms with Crippen LogP contribution in [-0.2, 0) is 11.3 Å². The number of ether oxygens (including phenoxy) is 1. The summed E-state index contributed by atoms with van der Waals surface area (Å²) in [5.74, 6) is -0.171. The molecule has 0 fully saturated rings. The van der Waals surface area contributed by atoms with Gasteiger partial charge in [-0.25, -0.2) is 9.37 Å². The van der Waals surface area contributed by atoms with Crippen LogP contribution in [0, 0.1) is 12.7 Å². The van der Waals surface area contributed by atoms with E-state index in [1.807, 2.05) is 17.9 Å². The van der Waals surface area contributed by atoms with Crippen LogP contribution in [0.3, 0.4) is 0 Å². The Hall–Kier alpha value is -2.67. The van der Waals surface area contributed by atoms with Crippen LogP contribution in [0.25, 0.3) is 0 Å². The highest BCUT2D eigenvalue weighted by atomic mass is 35.5. The first-order valence-electron chi connectivity index (χ1n) is 9.19. The first kappa shape index (κ1) is 20.6. The lowest BCUT2D eigenvalue weighted by atomic mass is 10.0. The van der Waals surface area contributed by atoms with Gasteiger partial charge < -0.3 is 15.0 Å². The fourth-order valence-electron chi connectivity index (χ4n) is 3.59. The molecule has 1 N–H and O–H groups in total. The maximum absolute atomic E-state index is 13.6. The number of amides is 1. The number of hydrogen-bond donors (Lipinski definition) is 1. The van der Waals surface area contributed by atoms with Gasteiger partial charge in [-0.2, -0.15) is 0 Å². The Morgan fingerprint density at radius 3 is 2.53 bits per heavy atom. The lowest BCUT2D eigenvalue weighted by molar-refractivity contribution is 0.0923. The summed E-state index contributed by atoms with van der Waals surface area (Å²) in [6.07, 6.45) is -0.616. The van der Waals surface area contributed by atoms with E-state index in [1.54, 1.807) is 37.4 Å². The molecule has 0 aliphatic carbocycles. The van der Waals surface area contributed by atoms with Gasteiger partial charge in [0.1, 0.15) is 17.8 Å². The predicted octanol–water partition coefficient (Wildman–Crippen LogP) is 5.56. The number of carbonyl (C=O) groups excluding carboxylic acids is 1. The van der Waals surface area contributed by atoms with E-state index < -0.39 is 6.17 Å². The number of benzene rings is 2. The van der Waals surface area contributed by atoms with E-state index in [9.17, 15) is 9.18 Å². The molecule has 3 aromatic rings. The van der Waals surface area contributed by atoms with Crippen LogP contribution in [0.4, 0.5) is 15.9 Å². The molecule has 1 atom stereocenters. The van der Waals surface area contributed by atoms with Crippen LogP contribution >= 0.6 is 23.2 Å². The largest absolute Gasteiger partial charge is 0.380 e. The molecule has 1 aromatic heterocycles. The molecule has 1 aliphatic heterocycles. The fourth-order valence-corrected chi connectivity index (χ4v) is 3.89. The van der Waals surface area contributed by atoms with Crippen LogP contribution < -0.4 is 10.2 Å². The molecule has 30 heavy (non-hydrogen) atoms. The molecule has 0 bridgehead atoms. The van der Waals surface area contributed by atoms with E-state index in [0.717, 1.165) is 11.3 Å². The standard InChI is InChI=1S/C22H18Cl2FN3O2/c1-12-9-14(11-30-2)19-21(26-12)28(16-6-4-15(25)5-7-16)20(27-22(19)29)13-3-8-17(23)18(24)10-13/h3-10,20H,11H2,1-2H3,(H,27,29)/t20-/m0/s1. The molecule has 0 spiro atoms. The highest BCUT2D eigenvalue weighted by Gasteiger charge is 2.36. The number of aromatic nitrogens is 1. The second kappa shape index (κ2) is 8.22. The molecule has 4 rings (SSSR count). The smallest absolute Gasteiger partial charge is 0.257 e. The molecule has 154 valence electrons. The summed E-state index contributed by atoms with van der Waals surface area (Å²) in [7, 11) is 1.57. The first-order valence-corrected chi connectivity index (χ1v) is 9.94. The number of nitrogens with zero attached hydrogens (tertiary/aromatic N) is 2. The maximum atomic E-state index is 13.6. The number of rotatable bonds is 4. The van der Waals surface area contributed by atoms with Crippen molar-refractivity contribution in [3.8, 4) is 0 Å². The van der Waals surface area contributed by atoms with Gasteiger partial charge in [0.2, 0.25) is 0 Å². The van der Waals surface area contributed by atoms with E-state index in [1.165, 1.54) is 12.1 Å². The van der Waals surface area contributed by atoms with E-state index in [2.05, 4.69) is 10.3 Å². The Balaban J connectivity index is 1.95. The third kappa shape index (κ3) is 3.74. The molecular formula is C22H18Cl2FN3O2. The third-order valence-electron chi connectivity index (χ3n) is 4.86. The minimum absolute atomic E-state index is 0.258. The van der Waals surface area contributed by atoms with Crippen molar-refractivity contribution in [3.05, 3.63) is 86.8 Å². The van der Waals surface area contributed by atoms with Gasteiger partial charge in [0.25, 0.3) is 5.91 Å². The van der Waals surface area contributed by atoms with Gasteiger partial charge in [-0.15, -0.1) is 0 Å². The van der Waals surface area contributed by atoms with Gasteiger partial charge >= 0.3 is 0 Å². The summed E-state index contributed by atoms with van der Waals surface area (Å²) < 4.78 is 18.9. The summed E-state index contributed by atoms with van der Waals surface area (Å²) in [6, 6.07) is 13.0. The quantitative estimate of drug-likeness (QED) is 0.570. The summed E-state index contributed by atoms with van der Waals surface area (Å²) in [5.41, 5.74) is 3.25. The normalized spacial score (nSPS) is 15.7. The van der Waals surface area contributed by atoms with Crippen molar-refractivity contribution in [2.45, 2.75) is 19.7 Å². The Morgan fingerprint density at radius 2 is 1.87 bits per heavy atom. The van der Waals surface area contributed by atoms with Gasteiger partial charge in [-0.05, 0) is 60.5 Å². The number of anilines is 2. The van der Waals surface area contributed by atoms with E-state index in [0.29, 0.717) is 32.7 Å². The lowest BCUT2D eigenvalue weighted by Crippen LogP contribution is -2.45. The third-order valence-corrected chi connectivity index (χ3v) is 5.59. The van der Waals surface area contributed by atoms with Gasteiger partial charge in [-0.3, -0.25) is 4.79 Å². The second-order valence-corrected chi connectivity index (χ2v) is 7.76. The van der Waals surface area contributed by atoms with Crippen LogP contribution in [-0.4, -0.2) is 18.0 Å².